The summed E-state index contributed by atoms with van der Waals surface area (Å²) in [7, 11) is 0. The average molecular weight is 261 g/mol. The lowest BCUT2D eigenvalue weighted by molar-refractivity contribution is 0.254. The zero-order valence-electron chi connectivity index (χ0n) is 12.5. The van der Waals surface area contributed by atoms with Crippen molar-refractivity contribution in [2.75, 3.05) is 6.54 Å². The summed E-state index contributed by atoms with van der Waals surface area (Å²) in [5, 5.41) is 0. The number of aryl methyl sites for hydroxylation is 1. The summed E-state index contributed by atoms with van der Waals surface area (Å²) >= 11 is 0. The fraction of sp³-hybridized carbons (Fsp3) is 0.750. The van der Waals surface area contributed by atoms with E-state index in [0.29, 0.717) is 12.5 Å². The molecule has 0 saturated heterocycles. The van der Waals surface area contributed by atoms with Crippen LogP contribution in [0, 0.1) is 18.8 Å². The summed E-state index contributed by atoms with van der Waals surface area (Å²) < 4.78 is 0. The SMILES string of the molecule is Cc1cc(CCN)nc(C2CCC(C(C)C)CC2)n1. The first-order valence-corrected chi connectivity index (χ1v) is 7.64. The number of nitrogens with zero attached hydrogens (tertiary/aromatic N) is 2. The van der Waals surface area contributed by atoms with Gasteiger partial charge in [0.2, 0.25) is 0 Å². The van der Waals surface area contributed by atoms with Crippen LogP contribution in [-0.4, -0.2) is 16.5 Å². The predicted molar refractivity (Wildman–Crippen MR) is 79.1 cm³/mol. The van der Waals surface area contributed by atoms with E-state index in [1.165, 1.54) is 25.7 Å². The van der Waals surface area contributed by atoms with Gasteiger partial charge < -0.3 is 5.73 Å². The Hall–Kier alpha value is -0.960. The Balaban J connectivity index is 2.06. The van der Waals surface area contributed by atoms with Gasteiger partial charge in [-0.05, 0) is 57.1 Å². The lowest BCUT2D eigenvalue weighted by Gasteiger charge is -2.30. The number of hydrogen-bond acceptors (Lipinski definition) is 3. The zero-order chi connectivity index (χ0) is 13.8. The first-order chi connectivity index (χ1) is 9.10. The van der Waals surface area contributed by atoms with Crippen molar-refractivity contribution < 1.29 is 0 Å². The first-order valence-electron chi connectivity index (χ1n) is 7.64. The highest BCUT2D eigenvalue weighted by molar-refractivity contribution is 5.13. The van der Waals surface area contributed by atoms with Crippen LogP contribution in [0.2, 0.25) is 0 Å². The molecule has 0 bridgehead atoms. The molecule has 2 rings (SSSR count). The molecule has 1 aliphatic rings. The molecule has 1 heterocycles. The Labute approximate surface area is 117 Å². The summed E-state index contributed by atoms with van der Waals surface area (Å²) in [5.74, 6) is 3.33. The van der Waals surface area contributed by atoms with Gasteiger partial charge >= 0.3 is 0 Å². The van der Waals surface area contributed by atoms with E-state index in [2.05, 4.69) is 31.8 Å². The molecule has 19 heavy (non-hydrogen) atoms. The van der Waals surface area contributed by atoms with Crippen molar-refractivity contribution in [1.29, 1.82) is 0 Å². The van der Waals surface area contributed by atoms with Crippen molar-refractivity contribution in [2.24, 2.45) is 17.6 Å². The Morgan fingerprint density at radius 2 is 1.89 bits per heavy atom. The molecule has 1 aromatic rings. The average Bonchev–Trinajstić information content (AvgIpc) is 2.38. The van der Waals surface area contributed by atoms with Crippen LogP contribution in [0.25, 0.3) is 0 Å². The number of aromatic nitrogens is 2. The second kappa shape index (κ2) is 6.47. The Morgan fingerprint density at radius 1 is 1.21 bits per heavy atom. The number of nitrogens with two attached hydrogens (primary N) is 1. The first kappa shape index (κ1) is 14.4. The molecule has 2 N–H and O–H groups in total. The molecule has 1 fully saturated rings. The predicted octanol–water partition coefficient (Wildman–Crippen LogP) is 3.22. The second-order valence-corrected chi connectivity index (χ2v) is 6.25. The van der Waals surface area contributed by atoms with Gasteiger partial charge in [-0.1, -0.05) is 13.8 Å². The molecule has 0 amide bonds. The Bertz CT molecular complexity index is 406. The molecule has 0 atom stereocenters. The minimum Gasteiger partial charge on any atom is -0.330 e. The van der Waals surface area contributed by atoms with Crippen molar-refractivity contribution in [3.63, 3.8) is 0 Å². The van der Waals surface area contributed by atoms with Gasteiger partial charge in [0.25, 0.3) is 0 Å². The molecule has 3 nitrogen and oxygen atoms in total. The van der Waals surface area contributed by atoms with Crippen molar-refractivity contribution in [1.82, 2.24) is 9.97 Å². The smallest absolute Gasteiger partial charge is 0.131 e. The van der Waals surface area contributed by atoms with E-state index in [1.54, 1.807) is 0 Å². The molecule has 0 radical (unpaired) electrons. The fourth-order valence-electron chi connectivity index (χ4n) is 3.16. The maximum Gasteiger partial charge on any atom is 0.131 e. The van der Waals surface area contributed by atoms with E-state index in [-0.39, 0.29) is 0 Å². The molecular weight excluding hydrogens is 234 g/mol. The number of rotatable bonds is 4. The van der Waals surface area contributed by atoms with Gasteiger partial charge in [0.05, 0.1) is 0 Å². The van der Waals surface area contributed by atoms with E-state index in [1.807, 2.05) is 0 Å². The van der Waals surface area contributed by atoms with Gasteiger partial charge in [-0.2, -0.15) is 0 Å². The third-order valence-corrected chi connectivity index (χ3v) is 4.40. The van der Waals surface area contributed by atoms with Gasteiger partial charge in [-0.15, -0.1) is 0 Å². The van der Waals surface area contributed by atoms with E-state index in [0.717, 1.165) is 35.5 Å². The zero-order valence-corrected chi connectivity index (χ0v) is 12.5. The summed E-state index contributed by atoms with van der Waals surface area (Å²) in [6.07, 6.45) is 6.00. The van der Waals surface area contributed by atoms with Crippen LogP contribution in [0.15, 0.2) is 6.07 Å². The van der Waals surface area contributed by atoms with Crippen LogP contribution in [-0.2, 0) is 6.42 Å². The van der Waals surface area contributed by atoms with Gasteiger partial charge in [0, 0.05) is 23.7 Å². The van der Waals surface area contributed by atoms with E-state index in [9.17, 15) is 0 Å². The van der Waals surface area contributed by atoms with Crippen molar-refractivity contribution in [2.45, 2.75) is 58.8 Å². The van der Waals surface area contributed by atoms with Crippen LogP contribution in [0.3, 0.4) is 0 Å². The maximum absolute atomic E-state index is 5.63. The van der Waals surface area contributed by atoms with E-state index in [4.69, 9.17) is 10.7 Å². The van der Waals surface area contributed by atoms with Crippen LogP contribution >= 0.6 is 0 Å². The normalized spacial score (nSPS) is 23.8. The minimum atomic E-state index is 0.562. The lowest BCUT2D eigenvalue weighted by atomic mass is 9.76. The highest BCUT2D eigenvalue weighted by atomic mass is 14.9. The van der Waals surface area contributed by atoms with Crippen LogP contribution < -0.4 is 5.73 Å². The largest absolute Gasteiger partial charge is 0.330 e. The van der Waals surface area contributed by atoms with Crippen LogP contribution in [0.4, 0.5) is 0 Å². The van der Waals surface area contributed by atoms with E-state index >= 15 is 0 Å². The molecule has 0 spiro atoms. The highest BCUT2D eigenvalue weighted by Gasteiger charge is 2.26. The summed E-state index contributed by atoms with van der Waals surface area (Å²) in [5.41, 5.74) is 7.82. The molecule has 0 unspecified atom stereocenters. The summed E-state index contributed by atoms with van der Waals surface area (Å²) in [6, 6.07) is 2.07. The fourth-order valence-corrected chi connectivity index (χ4v) is 3.16. The second-order valence-electron chi connectivity index (χ2n) is 6.25. The Morgan fingerprint density at radius 3 is 2.47 bits per heavy atom. The van der Waals surface area contributed by atoms with E-state index < -0.39 is 0 Å². The lowest BCUT2D eigenvalue weighted by Crippen LogP contribution is -2.19. The van der Waals surface area contributed by atoms with Crippen LogP contribution in [0.1, 0.15) is 62.7 Å². The van der Waals surface area contributed by atoms with Crippen molar-refractivity contribution >= 4 is 0 Å². The standard InChI is InChI=1S/C16H27N3/c1-11(2)13-4-6-14(7-5-13)16-18-12(3)10-15(19-16)8-9-17/h10-11,13-14H,4-9,17H2,1-3H3. The van der Waals surface area contributed by atoms with Gasteiger partial charge in [-0.3, -0.25) is 0 Å². The molecule has 106 valence electrons. The van der Waals surface area contributed by atoms with Gasteiger partial charge in [0.1, 0.15) is 5.82 Å². The monoisotopic (exact) mass is 261 g/mol. The summed E-state index contributed by atoms with van der Waals surface area (Å²) in [4.78, 5) is 9.38. The molecule has 1 aliphatic carbocycles. The summed E-state index contributed by atoms with van der Waals surface area (Å²) in [6.45, 7) is 7.40. The third kappa shape index (κ3) is 3.75. The molecule has 1 aromatic heterocycles. The molecule has 1 saturated carbocycles. The maximum atomic E-state index is 5.63. The van der Waals surface area contributed by atoms with Gasteiger partial charge in [0.15, 0.2) is 0 Å². The molecule has 0 aliphatic heterocycles. The Kier molecular flexibility index (Phi) is 4.92. The number of hydrogen-bond donors (Lipinski definition) is 1. The van der Waals surface area contributed by atoms with Crippen molar-refractivity contribution in [3.05, 3.63) is 23.3 Å². The molecular formula is C16H27N3. The highest BCUT2D eigenvalue weighted by Crippen LogP contribution is 2.37. The van der Waals surface area contributed by atoms with Gasteiger partial charge in [-0.25, -0.2) is 9.97 Å². The van der Waals surface area contributed by atoms with Crippen LogP contribution in [0.5, 0.6) is 0 Å². The third-order valence-electron chi connectivity index (χ3n) is 4.40. The topological polar surface area (TPSA) is 51.8 Å². The quantitative estimate of drug-likeness (QED) is 0.905. The molecule has 0 aromatic carbocycles. The minimum absolute atomic E-state index is 0.562. The molecule has 3 heteroatoms. The van der Waals surface area contributed by atoms with Crippen molar-refractivity contribution in [3.8, 4) is 0 Å².